The van der Waals surface area contributed by atoms with Crippen molar-refractivity contribution in [1.82, 2.24) is 14.4 Å². The van der Waals surface area contributed by atoms with Crippen molar-refractivity contribution in [3.05, 3.63) is 47.3 Å². The van der Waals surface area contributed by atoms with Gasteiger partial charge in [-0.2, -0.15) is 4.31 Å². The molecule has 0 aliphatic carbocycles. The molecule has 1 aliphatic rings. The van der Waals surface area contributed by atoms with Gasteiger partial charge in [-0.05, 0) is 31.9 Å². The molecular formula is C17H21N3O4S. The summed E-state index contributed by atoms with van der Waals surface area (Å²) in [7, 11) is -3.56. The zero-order valence-electron chi connectivity index (χ0n) is 14.3. The van der Waals surface area contributed by atoms with E-state index in [9.17, 15) is 13.2 Å². The molecule has 1 aromatic carbocycles. The average molecular weight is 363 g/mol. The molecule has 0 atom stereocenters. The molecule has 0 spiro atoms. The van der Waals surface area contributed by atoms with Crippen molar-refractivity contribution in [2.75, 3.05) is 26.2 Å². The first-order valence-electron chi connectivity index (χ1n) is 8.18. The summed E-state index contributed by atoms with van der Waals surface area (Å²) in [5.41, 5.74) is 0.977. The van der Waals surface area contributed by atoms with Crippen LogP contribution in [0.4, 0.5) is 0 Å². The molecule has 1 fully saturated rings. The van der Waals surface area contributed by atoms with Gasteiger partial charge >= 0.3 is 0 Å². The Bertz CT molecular complexity index is 876. The summed E-state index contributed by atoms with van der Waals surface area (Å²) < 4.78 is 32.2. The van der Waals surface area contributed by atoms with Crippen molar-refractivity contribution >= 4 is 15.9 Å². The third kappa shape index (κ3) is 3.59. The summed E-state index contributed by atoms with van der Waals surface area (Å²) in [5, 5.41) is 3.75. The molecule has 0 unspecified atom stereocenters. The van der Waals surface area contributed by atoms with Crippen LogP contribution < -0.4 is 0 Å². The Morgan fingerprint density at radius 1 is 1.12 bits per heavy atom. The summed E-state index contributed by atoms with van der Waals surface area (Å²) in [6, 6.07) is 8.54. The Morgan fingerprint density at radius 3 is 2.56 bits per heavy atom. The lowest BCUT2D eigenvalue weighted by Gasteiger charge is -2.22. The summed E-state index contributed by atoms with van der Waals surface area (Å²) in [6.45, 7) is 4.98. The molecule has 25 heavy (non-hydrogen) atoms. The van der Waals surface area contributed by atoms with E-state index in [1.807, 2.05) is 6.07 Å². The van der Waals surface area contributed by atoms with Crippen LogP contribution in [-0.2, 0) is 10.0 Å². The van der Waals surface area contributed by atoms with E-state index < -0.39 is 10.0 Å². The Balaban J connectivity index is 1.75. The normalized spacial score (nSPS) is 16.6. The van der Waals surface area contributed by atoms with Crippen molar-refractivity contribution in [1.29, 1.82) is 0 Å². The van der Waals surface area contributed by atoms with Crippen LogP contribution in [0.25, 0.3) is 0 Å². The lowest BCUT2D eigenvalue weighted by Crippen LogP contribution is -2.37. The Hall–Kier alpha value is -2.19. The largest absolute Gasteiger partial charge is 0.361 e. The minimum Gasteiger partial charge on any atom is -0.361 e. The van der Waals surface area contributed by atoms with Crippen molar-refractivity contribution in [2.45, 2.75) is 25.2 Å². The first kappa shape index (κ1) is 17.6. The number of rotatable bonds is 3. The summed E-state index contributed by atoms with van der Waals surface area (Å²) in [4.78, 5) is 14.4. The van der Waals surface area contributed by atoms with Gasteiger partial charge in [0.25, 0.3) is 5.91 Å². The number of nitrogens with zero attached hydrogens (tertiary/aromatic N) is 3. The van der Waals surface area contributed by atoms with Gasteiger partial charge in [0.1, 0.15) is 5.76 Å². The van der Waals surface area contributed by atoms with Gasteiger partial charge in [0, 0.05) is 32.2 Å². The van der Waals surface area contributed by atoms with Crippen molar-refractivity contribution in [2.24, 2.45) is 0 Å². The second kappa shape index (κ2) is 6.97. The molecule has 1 amide bonds. The number of carbonyl (C=O) groups excluding carboxylic acids is 1. The molecule has 0 N–H and O–H groups in total. The SMILES string of the molecule is Cc1cc(C(=O)N2CCCN(S(=O)(=O)c3ccccc3C)CC2)no1. The van der Waals surface area contributed by atoms with E-state index >= 15 is 0 Å². The predicted octanol–water partition coefficient (Wildman–Crippen LogP) is 1.83. The van der Waals surface area contributed by atoms with E-state index in [2.05, 4.69) is 5.16 Å². The van der Waals surface area contributed by atoms with Crippen LogP contribution in [0.2, 0.25) is 0 Å². The molecule has 1 aromatic heterocycles. The lowest BCUT2D eigenvalue weighted by molar-refractivity contribution is 0.0754. The fourth-order valence-corrected chi connectivity index (χ4v) is 4.65. The quantitative estimate of drug-likeness (QED) is 0.831. The van der Waals surface area contributed by atoms with Crippen molar-refractivity contribution < 1.29 is 17.7 Å². The van der Waals surface area contributed by atoms with E-state index in [4.69, 9.17) is 4.52 Å². The minimum absolute atomic E-state index is 0.230. The van der Waals surface area contributed by atoms with E-state index in [1.165, 1.54) is 4.31 Å². The van der Waals surface area contributed by atoms with Gasteiger partial charge in [-0.15, -0.1) is 0 Å². The number of aromatic nitrogens is 1. The van der Waals surface area contributed by atoms with Crippen LogP contribution in [0.3, 0.4) is 0 Å². The van der Waals surface area contributed by atoms with Gasteiger partial charge in [-0.25, -0.2) is 8.42 Å². The molecular weight excluding hydrogens is 342 g/mol. The number of hydrogen-bond acceptors (Lipinski definition) is 5. The van der Waals surface area contributed by atoms with Crippen molar-refractivity contribution in [3.63, 3.8) is 0 Å². The highest BCUT2D eigenvalue weighted by Crippen LogP contribution is 2.21. The highest BCUT2D eigenvalue weighted by Gasteiger charge is 2.30. The van der Waals surface area contributed by atoms with Gasteiger partial charge in [0.05, 0.1) is 4.90 Å². The third-order valence-corrected chi connectivity index (χ3v) is 6.36. The fourth-order valence-electron chi connectivity index (χ4n) is 2.95. The molecule has 2 aromatic rings. The monoisotopic (exact) mass is 363 g/mol. The highest BCUT2D eigenvalue weighted by molar-refractivity contribution is 7.89. The first-order valence-corrected chi connectivity index (χ1v) is 9.62. The standard InChI is InChI=1S/C17H21N3O4S/c1-13-6-3-4-7-16(13)25(22,23)20-9-5-8-19(10-11-20)17(21)15-12-14(2)24-18-15/h3-4,6-7,12H,5,8-11H2,1-2H3. The van der Waals surface area contributed by atoms with Gasteiger partial charge in [-0.3, -0.25) is 4.79 Å². The molecule has 134 valence electrons. The molecule has 0 bridgehead atoms. The van der Waals surface area contributed by atoms with Gasteiger partial charge in [-0.1, -0.05) is 23.4 Å². The van der Waals surface area contributed by atoms with Gasteiger partial charge in [0.15, 0.2) is 5.69 Å². The van der Waals surface area contributed by atoms with Crippen LogP contribution in [-0.4, -0.2) is 54.9 Å². The van der Waals surface area contributed by atoms with E-state index in [1.54, 1.807) is 43.0 Å². The topological polar surface area (TPSA) is 83.7 Å². The maximum absolute atomic E-state index is 12.9. The zero-order chi connectivity index (χ0) is 18.0. The Kier molecular flexibility index (Phi) is 4.91. The van der Waals surface area contributed by atoms with Crippen LogP contribution in [0, 0.1) is 13.8 Å². The summed E-state index contributed by atoms with van der Waals surface area (Å²) >= 11 is 0. The fraction of sp³-hybridized carbons (Fsp3) is 0.412. The molecule has 3 rings (SSSR count). The summed E-state index contributed by atoms with van der Waals surface area (Å²) in [6.07, 6.45) is 0.577. The second-order valence-electron chi connectivity index (χ2n) is 6.14. The third-order valence-electron chi connectivity index (χ3n) is 4.30. The Morgan fingerprint density at radius 2 is 1.88 bits per heavy atom. The second-order valence-corrected chi connectivity index (χ2v) is 8.04. The molecule has 1 saturated heterocycles. The van der Waals surface area contributed by atoms with Crippen LogP contribution in [0.15, 0.2) is 39.8 Å². The number of benzene rings is 1. The number of carbonyl (C=O) groups is 1. The smallest absolute Gasteiger partial charge is 0.276 e. The lowest BCUT2D eigenvalue weighted by atomic mass is 10.2. The molecule has 0 radical (unpaired) electrons. The van der Waals surface area contributed by atoms with Crippen LogP contribution in [0.5, 0.6) is 0 Å². The van der Waals surface area contributed by atoms with Crippen LogP contribution >= 0.6 is 0 Å². The van der Waals surface area contributed by atoms with E-state index in [0.29, 0.717) is 36.7 Å². The number of sulfonamides is 1. The van der Waals surface area contributed by atoms with Gasteiger partial charge < -0.3 is 9.42 Å². The number of amides is 1. The number of aryl methyl sites for hydroxylation is 2. The van der Waals surface area contributed by atoms with E-state index in [-0.39, 0.29) is 18.1 Å². The van der Waals surface area contributed by atoms with Gasteiger partial charge in [0.2, 0.25) is 10.0 Å². The maximum Gasteiger partial charge on any atom is 0.276 e. The molecule has 7 nitrogen and oxygen atoms in total. The van der Waals surface area contributed by atoms with Crippen molar-refractivity contribution in [3.8, 4) is 0 Å². The molecule has 2 heterocycles. The minimum atomic E-state index is -3.56. The highest BCUT2D eigenvalue weighted by atomic mass is 32.2. The average Bonchev–Trinajstić information content (AvgIpc) is 2.86. The molecule has 1 aliphatic heterocycles. The zero-order valence-corrected chi connectivity index (χ0v) is 15.1. The van der Waals surface area contributed by atoms with Crippen LogP contribution in [0.1, 0.15) is 28.2 Å². The Labute approximate surface area is 147 Å². The number of hydrogen-bond donors (Lipinski definition) is 0. The first-order chi connectivity index (χ1) is 11.9. The predicted molar refractivity (Wildman–Crippen MR) is 91.7 cm³/mol. The summed E-state index contributed by atoms with van der Waals surface area (Å²) in [5.74, 6) is 0.342. The maximum atomic E-state index is 12.9. The molecule has 0 saturated carbocycles. The van der Waals surface area contributed by atoms with E-state index in [0.717, 1.165) is 5.56 Å². The molecule has 8 heteroatoms.